The van der Waals surface area contributed by atoms with Crippen molar-refractivity contribution in [3.05, 3.63) is 48.0 Å². The maximum Gasteiger partial charge on any atom is 0.319 e. The van der Waals surface area contributed by atoms with Crippen LogP contribution in [0.2, 0.25) is 0 Å². The second-order valence-corrected chi connectivity index (χ2v) is 7.56. The van der Waals surface area contributed by atoms with E-state index in [-0.39, 0.29) is 25.6 Å². The predicted molar refractivity (Wildman–Crippen MR) is 106 cm³/mol. The third-order valence-electron chi connectivity index (χ3n) is 5.36. The summed E-state index contributed by atoms with van der Waals surface area (Å²) in [6.07, 6.45) is 1.91. The normalized spacial score (nSPS) is 23.9. The van der Waals surface area contributed by atoms with Crippen LogP contribution in [-0.4, -0.2) is 46.0 Å². The van der Waals surface area contributed by atoms with Gasteiger partial charge in [0, 0.05) is 18.2 Å². The third-order valence-corrected chi connectivity index (χ3v) is 5.36. The lowest BCUT2D eigenvalue weighted by atomic mass is 10.0. The maximum atomic E-state index is 14.5. The largest absolute Gasteiger partial charge is 0.489 e. The fourth-order valence-electron chi connectivity index (χ4n) is 3.99. The van der Waals surface area contributed by atoms with E-state index in [4.69, 9.17) is 4.74 Å². The highest BCUT2D eigenvalue weighted by Crippen LogP contribution is 2.41. The van der Waals surface area contributed by atoms with E-state index in [2.05, 4.69) is 20.7 Å². The van der Waals surface area contributed by atoms with E-state index in [9.17, 15) is 13.6 Å². The number of rotatable bonds is 0. The van der Waals surface area contributed by atoms with Crippen LogP contribution in [0.15, 0.2) is 36.7 Å². The first-order valence-corrected chi connectivity index (χ1v) is 9.74. The van der Waals surface area contributed by atoms with E-state index >= 15 is 0 Å². The number of ether oxygens (including phenoxy) is 1. The van der Waals surface area contributed by atoms with Gasteiger partial charge in [0.25, 0.3) is 0 Å². The van der Waals surface area contributed by atoms with Gasteiger partial charge in [0.1, 0.15) is 35.3 Å². The van der Waals surface area contributed by atoms with Gasteiger partial charge in [0.15, 0.2) is 5.65 Å². The molecule has 1 saturated heterocycles. The Morgan fingerprint density at radius 2 is 2.17 bits per heavy atom. The number of anilines is 2. The van der Waals surface area contributed by atoms with Gasteiger partial charge >= 0.3 is 6.03 Å². The predicted octanol–water partition coefficient (Wildman–Crippen LogP) is 3.06. The first-order valence-electron chi connectivity index (χ1n) is 9.74. The summed E-state index contributed by atoms with van der Waals surface area (Å²) in [7, 11) is 0. The zero-order chi connectivity index (χ0) is 20.8. The molecule has 3 atom stereocenters. The van der Waals surface area contributed by atoms with Crippen molar-refractivity contribution in [2.24, 2.45) is 0 Å². The smallest absolute Gasteiger partial charge is 0.319 e. The minimum Gasteiger partial charge on any atom is -0.489 e. The Morgan fingerprint density at radius 1 is 1.30 bits per heavy atom. The Labute approximate surface area is 170 Å². The lowest BCUT2D eigenvalue weighted by Crippen LogP contribution is -2.36. The number of hydrogen-bond acceptors (Lipinski definition) is 5. The lowest BCUT2D eigenvalue weighted by molar-refractivity contribution is 0.209. The molecule has 2 bridgehead atoms. The molecular formula is C20H20F2N6O2. The van der Waals surface area contributed by atoms with Gasteiger partial charge in [-0.3, -0.25) is 0 Å². The number of carbonyl (C=O) groups is 1. The molecule has 3 aromatic rings. The monoisotopic (exact) mass is 414 g/mol. The van der Waals surface area contributed by atoms with Crippen molar-refractivity contribution in [3.8, 4) is 5.75 Å². The molecule has 2 N–H and O–H groups in total. The van der Waals surface area contributed by atoms with E-state index in [1.54, 1.807) is 30.2 Å². The minimum atomic E-state index is -1.09. The van der Waals surface area contributed by atoms with Crippen LogP contribution in [0.1, 0.15) is 24.9 Å². The molecule has 0 aliphatic carbocycles. The SMILES string of the molecule is C[C@H]1CNC(=O)Nc2cnn3ccc(nc23)N2C[C@@H](F)C[C@@H]2c2cc(F)ccc2O1. The van der Waals surface area contributed by atoms with E-state index in [0.29, 0.717) is 28.5 Å². The maximum absolute atomic E-state index is 14.5. The van der Waals surface area contributed by atoms with Gasteiger partial charge < -0.3 is 20.3 Å². The quantitative estimate of drug-likeness (QED) is 0.591. The van der Waals surface area contributed by atoms with Crippen molar-refractivity contribution in [2.45, 2.75) is 31.7 Å². The zero-order valence-corrected chi connectivity index (χ0v) is 16.2. The highest BCUT2D eigenvalue weighted by Gasteiger charge is 2.36. The molecule has 2 aliphatic rings. The van der Waals surface area contributed by atoms with Crippen molar-refractivity contribution in [2.75, 3.05) is 23.3 Å². The van der Waals surface area contributed by atoms with Crippen LogP contribution in [0.5, 0.6) is 5.75 Å². The van der Waals surface area contributed by atoms with Crippen molar-refractivity contribution < 1.29 is 18.3 Å². The molecular weight excluding hydrogens is 394 g/mol. The lowest BCUT2D eigenvalue weighted by Gasteiger charge is -2.28. The Kier molecular flexibility index (Phi) is 4.41. The molecule has 1 fully saturated rings. The molecule has 4 heterocycles. The van der Waals surface area contributed by atoms with Gasteiger partial charge in [0.2, 0.25) is 0 Å². The van der Waals surface area contributed by atoms with Gasteiger partial charge in [-0.2, -0.15) is 5.10 Å². The molecule has 0 radical (unpaired) electrons. The summed E-state index contributed by atoms with van der Waals surface area (Å²) in [4.78, 5) is 18.7. The van der Waals surface area contributed by atoms with E-state index in [1.165, 1.54) is 22.8 Å². The average molecular weight is 414 g/mol. The summed E-state index contributed by atoms with van der Waals surface area (Å²) in [5.74, 6) is 0.544. The topological polar surface area (TPSA) is 83.8 Å². The molecule has 10 heteroatoms. The molecule has 0 spiro atoms. The molecule has 2 aromatic heterocycles. The number of nitrogens with zero attached hydrogens (tertiary/aromatic N) is 4. The van der Waals surface area contributed by atoms with E-state index in [0.717, 1.165) is 0 Å². The van der Waals surface area contributed by atoms with Crippen LogP contribution >= 0.6 is 0 Å². The number of amides is 2. The summed E-state index contributed by atoms with van der Waals surface area (Å²) < 4.78 is 36.2. The number of hydrogen-bond donors (Lipinski definition) is 2. The molecule has 1 aromatic carbocycles. The van der Waals surface area contributed by atoms with Crippen LogP contribution in [0.25, 0.3) is 5.65 Å². The summed E-state index contributed by atoms with van der Waals surface area (Å²) in [5, 5.41) is 9.66. The number of carbonyl (C=O) groups excluding carboxylic acids is 1. The van der Waals surface area contributed by atoms with Crippen LogP contribution in [0.3, 0.4) is 0 Å². The number of aromatic nitrogens is 3. The summed E-state index contributed by atoms with van der Waals surface area (Å²) in [6, 6.07) is 5.10. The standard InChI is InChI=1S/C20H20F2N6O2/c1-11-8-23-20(29)25-15-9-24-28-5-4-18(26-19(15)28)27-10-13(22)7-16(27)14-6-12(21)2-3-17(14)30-11/h2-6,9,11,13,16H,7-8,10H2,1H3,(H2,23,25,29)/t11-,13-,16+/m0/s1. The number of benzene rings is 1. The first-order chi connectivity index (χ1) is 14.5. The van der Waals surface area contributed by atoms with Gasteiger partial charge in [-0.1, -0.05) is 0 Å². The van der Waals surface area contributed by atoms with Crippen LogP contribution in [-0.2, 0) is 0 Å². The third kappa shape index (κ3) is 3.27. The average Bonchev–Trinajstić information content (AvgIpc) is 3.30. The zero-order valence-electron chi connectivity index (χ0n) is 16.2. The second-order valence-electron chi connectivity index (χ2n) is 7.56. The highest BCUT2D eigenvalue weighted by molar-refractivity contribution is 5.93. The number of nitrogens with one attached hydrogen (secondary N) is 2. The Hall–Kier alpha value is -3.43. The second kappa shape index (κ2) is 7.12. The van der Waals surface area contributed by atoms with E-state index < -0.39 is 24.1 Å². The number of alkyl halides is 1. The van der Waals surface area contributed by atoms with Crippen LogP contribution < -0.4 is 20.3 Å². The van der Waals surface area contributed by atoms with Crippen molar-refractivity contribution in [3.63, 3.8) is 0 Å². The highest BCUT2D eigenvalue weighted by atomic mass is 19.1. The van der Waals surface area contributed by atoms with Gasteiger partial charge in [0.05, 0.1) is 25.3 Å². The van der Waals surface area contributed by atoms with E-state index in [1.807, 2.05) is 0 Å². The van der Waals surface area contributed by atoms with Crippen molar-refractivity contribution in [1.82, 2.24) is 19.9 Å². The number of halogens is 2. The first kappa shape index (κ1) is 18.6. The summed E-state index contributed by atoms with van der Waals surface area (Å²) in [5.41, 5.74) is 1.42. The summed E-state index contributed by atoms with van der Waals surface area (Å²) in [6.45, 7) is 2.14. The summed E-state index contributed by atoms with van der Waals surface area (Å²) >= 11 is 0. The Morgan fingerprint density at radius 3 is 3.03 bits per heavy atom. The number of fused-ring (bicyclic) bond motifs is 5. The Balaban J connectivity index is 1.67. The van der Waals surface area contributed by atoms with Gasteiger partial charge in [-0.15, -0.1) is 0 Å². The van der Waals surface area contributed by atoms with Gasteiger partial charge in [-0.05, 0) is 31.2 Å². The van der Waals surface area contributed by atoms with Crippen LogP contribution in [0, 0.1) is 5.82 Å². The van der Waals surface area contributed by atoms with Crippen LogP contribution in [0.4, 0.5) is 25.1 Å². The van der Waals surface area contributed by atoms with Crippen molar-refractivity contribution in [1.29, 1.82) is 0 Å². The number of urea groups is 1. The fourth-order valence-corrected chi connectivity index (χ4v) is 3.99. The molecule has 5 rings (SSSR count). The molecule has 0 unspecified atom stereocenters. The Bertz CT molecular complexity index is 1120. The molecule has 30 heavy (non-hydrogen) atoms. The molecule has 2 amide bonds. The molecule has 8 nitrogen and oxygen atoms in total. The molecule has 2 aliphatic heterocycles. The molecule has 156 valence electrons. The molecule has 0 saturated carbocycles. The minimum absolute atomic E-state index is 0.122. The van der Waals surface area contributed by atoms with Crippen molar-refractivity contribution >= 4 is 23.2 Å². The van der Waals surface area contributed by atoms with Gasteiger partial charge in [-0.25, -0.2) is 23.1 Å². The fraction of sp³-hybridized carbons (Fsp3) is 0.350.